The number of nitrogens with zero attached hydrogens (tertiary/aromatic N) is 1. The minimum atomic E-state index is -0.381. The third-order valence-corrected chi connectivity index (χ3v) is 3.70. The zero-order chi connectivity index (χ0) is 15.1. The van der Waals surface area contributed by atoms with Gasteiger partial charge < -0.3 is 14.6 Å². The molecule has 0 spiro atoms. The Morgan fingerprint density at radius 1 is 1.43 bits per heavy atom. The van der Waals surface area contributed by atoms with E-state index in [1.54, 1.807) is 18.3 Å². The van der Waals surface area contributed by atoms with E-state index < -0.39 is 0 Å². The van der Waals surface area contributed by atoms with E-state index in [2.05, 4.69) is 5.32 Å². The van der Waals surface area contributed by atoms with Crippen LogP contribution in [-0.4, -0.2) is 23.1 Å². The lowest BCUT2D eigenvalue weighted by Crippen LogP contribution is -2.35. The molecule has 2 aromatic rings. The molecule has 1 aliphatic rings. The van der Waals surface area contributed by atoms with Crippen molar-refractivity contribution >= 4 is 28.4 Å². The summed E-state index contributed by atoms with van der Waals surface area (Å²) >= 11 is 6.17. The molecular weight excluding hydrogens is 292 g/mol. The fourth-order valence-corrected chi connectivity index (χ4v) is 2.75. The molecule has 0 bridgehead atoms. The first-order chi connectivity index (χ1) is 9.99. The Balaban J connectivity index is 2.31. The first-order valence-electron chi connectivity index (χ1n) is 6.78. The first kappa shape index (κ1) is 13.9. The molecule has 2 heterocycles. The van der Waals surface area contributed by atoms with Crippen molar-refractivity contribution in [3.8, 4) is 5.75 Å². The van der Waals surface area contributed by atoms with Gasteiger partial charge in [0.25, 0.3) is 5.91 Å². The number of halogens is 1. The number of benzene rings is 1. The predicted octanol–water partition coefficient (Wildman–Crippen LogP) is 2.19. The third kappa shape index (κ3) is 2.27. The van der Waals surface area contributed by atoms with Gasteiger partial charge in [0, 0.05) is 12.2 Å². The zero-order valence-corrected chi connectivity index (χ0v) is 12.5. The van der Waals surface area contributed by atoms with Crippen LogP contribution in [0.2, 0.25) is 5.02 Å². The third-order valence-electron chi connectivity index (χ3n) is 3.39. The van der Waals surface area contributed by atoms with Gasteiger partial charge in [0.05, 0.1) is 22.5 Å². The predicted molar refractivity (Wildman–Crippen MR) is 81.3 cm³/mol. The van der Waals surface area contributed by atoms with Gasteiger partial charge in [-0.15, -0.1) is 0 Å². The Morgan fingerprint density at radius 2 is 2.19 bits per heavy atom. The van der Waals surface area contributed by atoms with Crippen LogP contribution in [0, 0.1) is 0 Å². The van der Waals surface area contributed by atoms with Crippen LogP contribution in [0.4, 0.5) is 0 Å². The highest BCUT2D eigenvalue weighted by Crippen LogP contribution is 2.31. The summed E-state index contributed by atoms with van der Waals surface area (Å²) in [6, 6.07) is 3.33. The largest absolute Gasteiger partial charge is 0.490 e. The van der Waals surface area contributed by atoms with Crippen molar-refractivity contribution in [2.75, 3.05) is 6.61 Å². The van der Waals surface area contributed by atoms with E-state index in [9.17, 15) is 9.59 Å². The zero-order valence-electron chi connectivity index (χ0n) is 11.8. The lowest BCUT2D eigenvalue weighted by molar-refractivity contribution is 0.0941. The van der Waals surface area contributed by atoms with Gasteiger partial charge in [-0.05, 0) is 26.0 Å². The maximum absolute atomic E-state index is 12.6. The van der Waals surface area contributed by atoms with Crippen molar-refractivity contribution in [1.82, 2.24) is 9.88 Å². The molecule has 1 aromatic heterocycles. The number of nitrogens with one attached hydrogen (secondary N) is 1. The second-order valence-electron chi connectivity index (χ2n) is 5.31. The van der Waals surface area contributed by atoms with Crippen LogP contribution in [0.15, 0.2) is 23.1 Å². The Labute approximate surface area is 126 Å². The Hall–Kier alpha value is -2.01. The highest BCUT2D eigenvalue weighted by Gasteiger charge is 2.22. The van der Waals surface area contributed by atoms with Crippen molar-refractivity contribution in [2.45, 2.75) is 26.4 Å². The highest BCUT2D eigenvalue weighted by atomic mass is 35.5. The molecule has 1 aromatic carbocycles. The molecule has 0 radical (unpaired) electrons. The SMILES string of the molecule is CC(C)NC(=O)c1cn2c3c(ccc(Cl)c3c1=O)OCC2. The van der Waals surface area contributed by atoms with Gasteiger partial charge in [0.15, 0.2) is 0 Å². The summed E-state index contributed by atoms with van der Waals surface area (Å²) in [5.74, 6) is 0.238. The van der Waals surface area contributed by atoms with Crippen molar-refractivity contribution in [3.05, 3.63) is 39.1 Å². The lowest BCUT2D eigenvalue weighted by atomic mass is 10.1. The van der Waals surface area contributed by atoms with E-state index in [0.29, 0.717) is 34.8 Å². The monoisotopic (exact) mass is 306 g/mol. The van der Waals surface area contributed by atoms with Crippen LogP contribution in [0.5, 0.6) is 5.75 Å². The Kier molecular flexibility index (Phi) is 3.37. The van der Waals surface area contributed by atoms with Crippen LogP contribution in [0.1, 0.15) is 24.2 Å². The van der Waals surface area contributed by atoms with Crippen molar-refractivity contribution in [2.24, 2.45) is 0 Å². The van der Waals surface area contributed by atoms with Crippen LogP contribution < -0.4 is 15.5 Å². The molecule has 21 heavy (non-hydrogen) atoms. The summed E-state index contributed by atoms with van der Waals surface area (Å²) in [4.78, 5) is 24.8. The topological polar surface area (TPSA) is 60.3 Å². The Morgan fingerprint density at radius 3 is 2.90 bits per heavy atom. The molecule has 0 unspecified atom stereocenters. The molecule has 110 valence electrons. The smallest absolute Gasteiger partial charge is 0.256 e. The lowest BCUT2D eigenvalue weighted by Gasteiger charge is -2.22. The number of carbonyl (C=O) groups is 1. The van der Waals surface area contributed by atoms with Gasteiger partial charge in [-0.1, -0.05) is 11.6 Å². The molecule has 0 atom stereocenters. The average molecular weight is 307 g/mol. The Bertz CT molecular complexity index is 796. The van der Waals surface area contributed by atoms with Crippen LogP contribution in [0.3, 0.4) is 0 Å². The second-order valence-corrected chi connectivity index (χ2v) is 5.72. The maximum atomic E-state index is 12.6. The number of ether oxygens (including phenoxy) is 1. The van der Waals surface area contributed by atoms with E-state index in [-0.39, 0.29) is 22.9 Å². The summed E-state index contributed by atoms with van der Waals surface area (Å²) in [7, 11) is 0. The van der Waals surface area contributed by atoms with Crippen LogP contribution >= 0.6 is 11.6 Å². The standard InChI is InChI=1S/C15H15ClN2O3/c1-8(2)17-15(20)9-7-18-5-6-21-11-4-3-10(16)12(13(11)18)14(9)19/h3-4,7-8H,5-6H2,1-2H3,(H,17,20). The maximum Gasteiger partial charge on any atom is 0.256 e. The van der Waals surface area contributed by atoms with Crippen LogP contribution in [-0.2, 0) is 6.54 Å². The molecule has 0 fully saturated rings. The molecule has 6 heteroatoms. The molecule has 0 saturated heterocycles. The number of hydrogen-bond donors (Lipinski definition) is 1. The van der Waals surface area contributed by atoms with Gasteiger partial charge in [0.1, 0.15) is 17.9 Å². The van der Waals surface area contributed by atoms with E-state index in [4.69, 9.17) is 16.3 Å². The minimum absolute atomic E-state index is 0.0425. The number of pyridine rings is 1. The van der Waals surface area contributed by atoms with E-state index in [0.717, 1.165) is 0 Å². The fourth-order valence-electron chi connectivity index (χ4n) is 2.51. The molecule has 3 rings (SSSR count). The summed E-state index contributed by atoms with van der Waals surface area (Å²) < 4.78 is 7.41. The van der Waals surface area contributed by atoms with Gasteiger partial charge >= 0.3 is 0 Å². The average Bonchev–Trinajstić information content (AvgIpc) is 2.43. The van der Waals surface area contributed by atoms with E-state index in [1.807, 2.05) is 18.4 Å². The van der Waals surface area contributed by atoms with Gasteiger partial charge in [-0.25, -0.2) is 0 Å². The first-order valence-corrected chi connectivity index (χ1v) is 7.16. The van der Waals surface area contributed by atoms with E-state index in [1.165, 1.54) is 0 Å². The summed E-state index contributed by atoms with van der Waals surface area (Å²) in [6.07, 6.45) is 1.59. The number of aromatic nitrogens is 1. The van der Waals surface area contributed by atoms with Gasteiger partial charge in [-0.3, -0.25) is 9.59 Å². The molecule has 1 N–H and O–H groups in total. The summed E-state index contributed by atoms with van der Waals surface area (Å²) in [6.45, 7) is 4.77. The highest BCUT2D eigenvalue weighted by molar-refractivity contribution is 6.35. The van der Waals surface area contributed by atoms with Gasteiger partial charge in [0.2, 0.25) is 5.43 Å². The van der Waals surface area contributed by atoms with Crippen molar-refractivity contribution in [1.29, 1.82) is 0 Å². The van der Waals surface area contributed by atoms with Crippen molar-refractivity contribution in [3.63, 3.8) is 0 Å². The summed E-state index contributed by atoms with van der Waals surface area (Å²) in [5.41, 5.74) is 0.397. The normalized spacial score (nSPS) is 13.3. The number of carbonyl (C=O) groups excluding carboxylic acids is 1. The van der Waals surface area contributed by atoms with Crippen LogP contribution in [0.25, 0.3) is 10.9 Å². The van der Waals surface area contributed by atoms with Gasteiger partial charge in [-0.2, -0.15) is 0 Å². The molecule has 1 aliphatic heterocycles. The quantitative estimate of drug-likeness (QED) is 0.925. The molecule has 0 saturated carbocycles. The summed E-state index contributed by atoms with van der Waals surface area (Å²) in [5, 5.41) is 3.41. The van der Waals surface area contributed by atoms with E-state index >= 15 is 0 Å². The molecule has 5 nitrogen and oxygen atoms in total. The molecule has 1 amide bonds. The number of rotatable bonds is 2. The second kappa shape index (κ2) is 5.07. The van der Waals surface area contributed by atoms with Crippen molar-refractivity contribution < 1.29 is 9.53 Å². The fraction of sp³-hybridized carbons (Fsp3) is 0.333. The number of amides is 1. The molecular formula is C15H15ClN2O3. The molecule has 0 aliphatic carbocycles. The minimum Gasteiger partial charge on any atom is -0.490 e. The number of hydrogen-bond acceptors (Lipinski definition) is 3.